The fourth-order valence-corrected chi connectivity index (χ4v) is 4.23. The zero-order valence-electron chi connectivity index (χ0n) is 21.0. The number of nitrogens with one attached hydrogen (secondary N) is 1. The number of hydrogen-bond acceptors (Lipinski definition) is 6. The van der Waals surface area contributed by atoms with Crippen LogP contribution in [0.1, 0.15) is 53.6 Å². The molecule has 0 bridgehead atoms. The van der Waals surface area contributed by atoms with Crippen LogP contribution in [0.25, 0.3) is 10.9 Å². The Bertz CT molecular complexity index is 1350. The van der Waals surface area contributed by atoms with E-state index in [9.17, 15) is 10.0 Å². The van der Waals surface area contributed by atoms with Crippen LogP contribution >= 0.6 is 0 Å². The number of rotatable bonds is 10. The molecule has 4 aromatic rings. The number of carbonyl (C=O) groups excluding carboxylic acids is 1. The van der Waals surface area contributed by atoms with E-state index in [1.165, 1.54) is 7.11 Å². The van der Waals surface area contributed by atoms with Gasteiger partial charge in [-0.15, -0.1) is 4.73 Å². The lowest BCUT2D eigenvalue weighted by Crippen LogP contribution is -2.37. The summed E-state index contributed by atoms with van der Waals surface area (Å²) in [5.41, 5.74) is 3.86. The second-order valence-electron chi connectivity index (χ2n) is 8.93. The maximum Gasteiger partial charge on any atom is 0.402 e. The van der Waals surface area contributed by atoms with Gasteiger partial charge < -0.3 is 24.4 Å². The summed E-state index contributed by atoms with van der Waals surface area (Å²) in [6, 6.07) is 15.2. The van der Waals surface area contributed by atoms with Crippen LogP contribution in [0.5, 0.6) is 11.8 Å². The van der Waals surface area contributed by atoms with Crippen LogP contribution in [0.3, 0.4) is 0 Å². The molecule has 2 aromatic heterocycles. The summed E-state index contributed by atoms with van der Waals surface area (Å²) in [6.07, 6.45) is 2.55. The average molecular weight is 490 g/mol. The van der Waals surface area contributed by atoms with E-state index in [1.54, 1.807) is 19.1 Å². The molecule has 2 aromatic carbocycles. The number of aromatic nitrogens is 3. The van der Waals surface area contributed by atoms with Gasteiger partial charge in [-0.3, -0.25) is 0 Å². The van der Waals surface area contributed by atoms with Crippen LogP contribution < -0.4 is 14.2 Å². The van der Waals surface area contributed by atoms with Gasteiger partial charge in [-0.25, -0.2) is 9.78 Å². The summed E-state index contributed by atoms with van der Waals surface area (Å²) < 4.78 is 17.6. The number of nitrogens with zero attached hydrogens (tertiary/aromatic N) is 2. The second-order valence-corrected chi connectivity index (χ2v) is 8.93. The third kappa shape index (κ3) is 5.27. The van der Waals surface area contributed by atoms with Crippen molar-refractivity contribution in [1.29, 1.82) is 0 Å². The topological polar surface area (TPSA) is 100 Å². The molecule has 2 heterocycles. The van der Waals surface area contributed by atoms with Crippen LogP contribution in [0.15, 0.2) is 54.7 Å². The fraction of sp³-hybridized carbons (Fsp3) is 0.321. The predicted molar refractivity (Wildman–Crippen MR) is 136 cm³/mol. The Kier molecular flexibility index (Phi) is 7.73. The average Bonchev–Trinajstić information content (AvgIpc) is 3.28. The Morgan fingerprint density at radius 1 is 1.14 bits per heavy atom. The Balaban J connectivity index is 1.77. The number of H-pyrrole nitrogens is 1. The first-order valence-corrected chi connectivity index (χ1v) is 12.0. The molecule has 188 valence electrons. The van der Waals surface area contributed by atoms with Crippen molar-refractivity contribution in [3.8, 4) is 11.8 Å². The number of aromatic amines is 1. The quantitative estimate of drug-likeness (QED) is 0.196. The molecule has 0 radical (unpaired) electrons. The van der Waals surface area contributed by atoms with E-state index < -0.39 is 5.97 Å². The van der Waals surface area contributed by atoms with Crippen LogP contribution in [-0.2, 0) is 24.2 Å². The van der Waals surface area contributed by atoms with E-state index in [4.69, 9.17) is 19.2 Å². The number of carbonyl (C=O) groups is 1. The maximum atomic E-state index is 13.4. The SMILES string of the molecule is CCOC(=O)c1cccc2[nH]cc(Cc3nc(OCc4ccccc4)c(CC(C)C)[n+]([O-])c3OC)c12. The van der Waals surface area contributed by atoms with Crippen molar-refractivity contribution in [3.05, 3.63) is 88.0 Å². The van der Waals surface area contributed by atoms with Gasteiger partial charge in [0.2, 0.25) is 0 Å². The van der Waals surface area contributed by atoms with Crippen LogP contribution in [0.2, 0.25) is 0 Å². The monoisotopic (exact) mass is 489 g/mol. The minimum absolute atomic E-state index is 0.112. The third-order valence-electron chi connectivity index (χ3n) is 5.81. The van der Waals surface area contributed by atoms with Crippen molar-refractivity contribution in [2.24, 2.45) is 5.92 Å². The minimum atomic E-state index is -0.401. The van der Waals surface area contributed by atoms with E-state index in [0.717, 1.165) is 26.8 Å². The van der Waals surface area contributed by atoms with Crippen molar-refractivity contribution in [2.45, 2.75) is 40.2 Å². The van der Waals surface area contributed by atoms with E-state index in [0.29, 0.717) is 23.4 Å². The molecule has 0 aliphatic carbocycles. The lowest BCUT2D eigenvalue weighted by molar-refractivity contribution is -0.622. The van der Waals surface area contributed by atoms with Gasteiger partial charge in [0.05, 0.1) is 19.3 Å². The Labute approximate surface area is 210 Å². The van der Waals surface area contributed by atoms with Gasteiger partial charge in [0, 0.05) is 29.9 Å². The molecule has 0 saturated heterocycles. The van der Waals surface area contributed by atoms with Crippen LogP contribution in [-0.4, -0.2) is 29.7 Å². The normalized spacial score (nSPS) is 11.1. The molecule has 0 amide bonds. The molecule has 8 nitrogen and oxygen atoms in total. The highest BCUT2D eigenvalue weighted by Crippen LogP contribution is 2.29. The highest BCUT2D eigenvalue weighted by molar-refractivity contribution is 6.05. The first-order valence-electron chi connectivity index (χ1n) is 12.0. The second kappa shape index (κ2) is 11.1. The van der Waals surface area contributed by atoms with E-state index >= 15 is 0 Å². The molecule has 0 saturated carbocycles. The van der Waals surface area contributed by atoms with Crippen molar-refractivity contribution in [3.63, 3.8) is 0 Å². The van der Waals surface area contributed by atoms with Crippen molar-refractivity contribution >= 4 is 16.9 Å². The maximum absolute atomic E-state index is 13.4. The molecule has 0 aliphatic heterocycles. The van der Waals surface area contributed by atoms with Gasteiger partial charge in [-0.05, 0) is 36.1 Å². The summed E-state index contributed by atoms with van der Waals surface area (Å²) in [7, 11) is 1.46. The Morgan fingerprint density at radius 2 is 1.92 bits per heavy atom. The Morgan fingerprint density at radius 3 is 2.61 bits per heavy atom. The molecule has 0 unspecified atom stereocenters. The number of ether oxygens (including phenoxy) is 3. The smallest absolute Gasteiger partial charge is 0.402 e. The predicted octanol–water partition coefficient (Wildman–Crippen LogP) is 4.75. The van der Waals surface area contributed by atoms with Gasteiger partial charge in [0.25, 0.3) is 11.6 Å². The Hall–Kier alpha value is -4.07. The van der Waals surface area contributed by atoms with Crippen molar-refractivity contribution in [1.82, 2.24) is 9.97 Å². The number of hydrogen-bond donors (Lipinski definition) is 1. The van der Waals surface area contributed by atoms with E-state index in [2.05, 4.69) is 4.98 Å². The summed E-state index contributed by atoms with van der Waals surface area (Å²) in [6.45, 7) is 6.40. The molecular formula is C28H31N3O5. The first kappa shape index (κ1) is 25.0. The summed E-state index contributed by atoms with van der Waals surface area (Å²) in [4.78, 5) is 20.6. The molecule has 8 heteroatoms. The molecule has 4 rings (SSSR count). The first-order chi connectivity index (χ1) is 17.4. The molecule has 0 aliphatic rings. The van der Waals surface area contributed by atoms with Crippen LogP contribution in [0, 0.1) is 11.1 Å². The lowest BCUT2D eigenvalue weighted by Gasteiger charge is -2.16. The van der Waals surface area contributed by atoms with Crippen LogP contribution in [0.4, 0.5) is 0 Å². The zero-order chi connectivity index (χ0) is 25.7. The lowest BCUT2D eigenvalue weighted by atomic mass is 10.0. The molecule has 0 fully saturated rings. The molecule has 36 heavy (non-hydrogen) atoms. The summed E-state index contributed by atoms with van der Waals surface area (Å²) in [5.74, 6) is 0.203. The minimum Gasteiger partial charge on any atom is -0.616 e. The van der Waals surface area contributed by atoms with Gasteiger partial charge in [0.15, 0.2) is 5.69 Å². The van der Waals surface area contributed by atoms with Gasteiger partial charge in [0.1, 0.15) is 6.61 Å². The number of fused-ring (bicyclic) bond motifs is 1. The van der Waals surface area contributed by atoms with Gasteiger partial charge in [-0.2, -0.15) is 0 Å². The molecule has 1 N–H and O–H groups in total. The number of esters is 1. The zero-order valence-corrected chi connectivity index (χ0v) is 21.0. The standard InChI is InChI=1S/C28H31N3O5/c1-5-35-28(32)21-12-9-13-22-25(21)20(16-29-22)15-23-27(34-4)31(33)24(14-18(2)3)26(30-23)36-17-19-10-7-6-8-11-19/h6-13,16,18,29H,5,14-15,17H2,1-4H3. The van der Waals surface area contributed by atoms with Crippen molar-refractivity contribution < 1.29 is 23.7 Å². The number of benzene rings is 2. The van der Waals surface area contributed by atoms with E-state index in [1.807, 2.05) is 56.4 Å². The summed E-state index contributed by atoms with van der Waals surface area (Å²) in [5, 5.41) is 14.2. The molecule has 0 atom stereocenters. The van der Waals surface area contributed by atoms with Gasteiger partial charge in [-0.1, -0.05) is 50.2 Å². The summed E-state index contributed by atoms with van der Waals surface area (Å²) >= 11 is 0. The van der Waals surface area contributed by atoms with Gasteiger partial charge >= 0.3 is 11.8 Å². The number of methoxy groups -OCH3 is 1. The van der Waals surface area contributed by atoms with Crippen molar-refractivity contribution in [2.75, 3.05) is 13.7 Å². The molecule has 0 spiro atoms. The highest BCUT2D eigenvalue weighted by Gasteiger charge is 2.28. The third-order valence-corrected chi connectivity index (χ3v) is 5.81. The molecular weight excluding hydrogens is 458 g/mol. The largest absolute Gasteiger partial charge is 0.616 e. The fourth-order valence-electron chi connectivity index (χ4n) is 4.23. The highest BCUT2D eigenvalue weighted by atomic mass is 16.6. The van der Waals surface area contributed by atoms with E-state index in [-0.39, 0.29) is 37.3 Å².